The molecule has 0 saturated heterocycles. The van der Waals surface area contributed by atoms with Crippen LogP contribution >= 0.6 is 23.2 Å². The van der Waals surface area contributed by atoms with E-state index in [1.165, 1.54) is 9.21 Å². The highest BCUT2D eigenvalue weighted by Crippen LogP contribution is 2.35. The van der Waals surface area contributed by atoms with Gasteiger partial charge in [-0.1, -0.05) is 36.2 Å². The van der Waals surface area contributed by atoms with Crippen LogP contribution in [0, 0.1) is 0 Å². The normalized spacial score (nSPS) is 13.5. The number of hydrogen-bond donors (Lipinski definition) is 1. The maximum Gasteiger partial charge on any atom is 0.242 e. The number of rotatable bonds is 12. The number of halogens is 2. The third-order valence-electron chi connectivity index (χ3n) is 6.02. The molecule has 0 aromatic heterocycles. The average Bonchev–Trinajstić information content (AvgIpc) is 2.88. The quantitative estimate of drug-likeness (QED) is 0.399. The molecular formula is C26H33Cl2N3O6S. The summed E-state index contributed by atoms with van der Waals surface area (Å²) in [4.78, 5) is 27.5. The first-order valence-corrected chi connectivity index (χ1v) is 15.0. The molecule has 1 unspecified atom stereocenters. The Labute approximate surface area is 234 Å². The fourth-order valence-electron chi connectivity index (χ4n) is 4.00. The van der Waals surface area contributed by atoms with E-state index >= 15 is 0 Å². The highest BCUT2D eigenvalue weighted by atomic mass is 35.5. The van der Waals surface area contributed by atoms with E-state index in [0.29, 0.717) is 47.0 Å². The number of amides is 2. The third-order valence-corrected chi connectivity index (χ3v) is 7.95. The van der Waals surface area contributed by atoms with Crippen LogP contribution in [0.4, 0.5) is 5.69 Å². The van der Waals surface area contributed by atoms with Crippen molar-refractivity contribution in [3.63, 3.8) is 0 Å². The fraction of sp³-hybridized carbons (Fsp3) is 0.462. The Morgan fingerprint density at radius 3 is 2.42 bits per heavy atom. The lowest BCUT2D eigenvalue weighted by Gasteiger charge is -2.29. The van der Waals surface area contributed by atoms with E-state index in [9.17, 15) is 18.0 Å². The van der Waals surface area contributed by atoms with Gasteiger partial charge in [-0.25, -0.2) is 8.42 Å². The molecule has 0 bridgehead atoms. The second kappa shape index (κ2) is 13.4. The molecule has 1 aliphatic rings. The van der Waals surface area contributed by atoms with Gasteiger partial charge in [-0.15, -0.1) is 0 Å². The molecule has 0 fully saturated rings. The summed E-state index contributed by atoms with van der Waals surface area (Å²) in [5.74, 6) is 0.468. The monoisotopic (exact) mass is 585 g/mol. The number of nitrogens with zero attached hydrogens (tertiary/aromatic N) is 2. The van der Waals surface area contributed by atoms with E-state index in [-0.39, 0.29) is 37.7 Å². The zero-order valence-corrected chi connectivity index (χ0v) is 24.0. The zero-order chi connectivity index (χ0) is 27.9. The van der Waals surface area contributed by atoms with Gasteiger partial charge in [0, 0.05) is 32.1 Å². The molecule has 0 saturated carbocycles. The Kier molecular flexibility index (Phi) is 10.5. The lowest BCUT2D eigenvalue weighted by molar-refractivity contribution is -0.140. The second-order valence-electron chi connectivity index (χ2n) is 9.00. The molecule has 0 spiro atoms. The Balaban J connectivity index is 1.74. The minimum Gasteiger partial charge on any atom is -0.486 e. The van der Waals surface area contributed by atoms with E-state index < -0.39 is 16.1 Å². The summed E-state index contributed by atoms with van der Waals surface area (Å²) in [6, 6.07) is 9.24. The van der Waals surface area contributed by atoms with E-state index in [0.717, 1.165) is 18.2 Å². The van der Waals surface area contributed by atoms with E-state index in [2.05, 4.69) is 5.32 Å². The van der Waals surface area contributed by atoms with Crippen molar-refractivity contribution in [1.82, 2.24) is 10.2 Å². The zero-order valence-electron chi connectivity index (χ0n) is 21.7. The van der Waals surface area contributed by atoms with Gasteiger partial charge in [0.25, 0.3) is 0 Å². The minimum atomic E-state index is -3.64. The number of fused-ring (bicyclic) bond motifs is 1. The molecule has 3 rings (SSSR count). The summed E-state index contributed by atoms with van der Waals surface area (Å²) in [6.45, 7) is 5.13. The van der Waals surface area contributed by atoms with Crippen LogP contribution in [0.1, 0.15) is 38.7 Å². The molecule has 38 heavy (non-hydrogen) atoms. The first-order valence-electron chi connectivity index (χ1n) is 12.4. The number of benzene rings is 2. The molecule has 1 heterocycles. The van der Waals surface area contributed by atoms with Gasteiger partial charge in [0.1, 0.15) is 19.3 Å². The molecule has 1 N–H and O–H groups in total. The predicted octanol–water partition coefficient (Wildman–Crippen LogP) is 4.25. The highest BCUT2D eigenvalue weighted by Gasteiger charge is 2.27. The van der Waals surface area contributed by atoms with Crippen molar-refractivity contribution in [2.45, 2.75) is 45.7 Å². The maximum absolute atomic E-state index is 13.4. The Bertz CT molecular complexity index is 1260. The Morgan fingerprint density at radius 1 is 1.05 bits per heavy atom. The van der Waals surface area contributed by atoms with Crippen LogP contribution in [0.3, 0.4) is 0 Å². The van der Waals surface area contributed by atoms with Crippen molar-refractivity contribution in [2.24, 2.45) is 0 Å². The number of ether oxygens (including phenoxy) is 2. The molecule has 208 valence electrons. The lowest BCUT2D eigenvalue weighted by Crippen LogP contribution is -2.47. The Hall–Kier alpha value is -2.69. The first-order chi connectivity index (χ1) is 18.0. The molecule has 2 aromatic carbocycles. The highest BCUT2D eigenvalue weighted by molar-refractivity contribution is 7.92. The largest absolute Gasteiger partial charge is 0.486 e. The SMILES string of the molecule is CCCNC(=O)C(C)N(Cc1ccc(Cl)c(Cl)c1)C(=O)CCCN(c1ccc2c(c1)OCCO2)S(C)(=O)=O. The number of sulfonamides is 1. The molecule has 12 heteroatoms. The standard InChI is InChI=1S/C26H33Cl2N3O6S/c1-4-11-29-26(33)18(2)30(17-19-7-9-21(27)22(28)15-19)25(32)6-5-12-31(38(3,34)35)20-8-10-23-24(16-20)37-14-13-36-23/h7-10,15-16,18H,4-6,11-14,17H2,1-3H3,(H,29,33). The van der Waals surface area contributed by atoms with E-state index in [4.69, 9.17) is 32.7 Å². The molecule has 1 atom stereocenters. The lowest BCUT2D eigenvalue weighted by atomic mass is 10.1. The van der Waals surface area contributed by atoms with E-state index in [1.54, 1.807) is 43.3 Å². The van der Waals surface area contributed by atoms with Gasteiger partial charge in [0.15, 0.2) is 11.5 Å². The number of carbonyl (C=O) groups excluding carboxylic acids is 2. The predicted molar refractivity (Wildman–Crippen MR) is 149 cm³/mol. The van der Waals surface area contributed by atoms with E-state index in [1.807, 2.05) is 6.92 Å². The smallest absolute Gasteiger partial charge is 0.242 e. The summed E-state index contributed by atoms with van der Waals surface area (Å²) >= 11 is 12.2. The summed E-state index contributed by atoms with van der Waals surface area (Å²) < 4.78 is 37.5. The topological polar surface area (TPSA) is 105 Å². The van der Waals surface area contributed by atoms with Crippen LogP contribution in [0.2, 0.25) is 10.0 Å². The van der Waals surface area contributed by atoms with Crippen molar-refractivity contribution in [2.75, 3.05) is 36.9 Å². The van der Waals surface area contributed by atoms with Crippen LogP contribution in [-0.4, -0.2) is 63.7 Å². The van der Waals surface area contributed by atoms with Crippen molar-refractivity contribution < 1.29 is 27.5 Å². The number of carbonyl (C=O) groups is 2. The van der Waals surface area contributed by atoms with Crippen LogP contribution in [-0.2, 0) is 26.2 Å². The van der Waals surface area contributed by atoms with Crippen LogP contribution in [0.25, 0.3) is 0 Å². The molecule has 2 amide bonds. The molecule has 2 aromatic rings. The number of anilines is 1. The molecule has 0 aliphatic carbocycles. The summed E-state index contributed by atoms with van der Waals surface area (Å²) in [5, 5.41) is 3.57. The van der Waals surface area contributed by atoms with Gasteiger partial charge in [-0.05, 0) is 49.6 Å². The van der Waals surface area contributed by atoms with Crippen LogP contribution in [0.15, 0.2) is 36.4 Å². The maximum atomic E-state index is 13.4. The molecule has 9 nitrogen and oxygen atoms in total. The third kappa shape index (κ3) is 7.91. The molecule has 0 radical (unpaired) electrons. The van der Waals surface area contributed by atoms with Gasteiger partial charge in [-0.2, -0.15) is 0 Å². The van der Waals surface area contributed by atoms with Crippen molar-refractivity contribution >= 4 is 50.7 Å². The molecule has 1 aliphatic heterocycles. The van der Waals surface area contributed by atoms with Gasteiger partial charge in [0.05, 0.1) is 22.0 Å². The first kappa shape index (κ1) is 29.9. The van der Waals surface area contributed by atoms with Crippen molar-refractivity contribution in [1.29, 1.82) is 0 Å². The number of hydrogen-bond acceptors (Lipinski definition) is 6. The number of nitrogens with one attached hydrogen (secondary N) is 1. The van der Waals surface area contributed by atoms with Crippen LogP contribution in [0.5, 0.6) is 11.5 Å². The summed E-state index contributed by atoms with van der Waals surface area (Å²) in [7, 11) is -3.64. The second-order valence-corrected chi connectivity index (χ2v) is 11.7. The van der Waals surface area contributed by atoms with Gasteiger partial charge >= 0.3 is 0 Å². The van der Waals surface area contributed by atoms with Crippen LogP contribution < -0.4 is 19.1 Å². The van der Waals surface area contributed by atoms with Gasteiger partial charge < -0.3 is 19.7 Å². The van der Waals surface area contributed by atoms with Gasteiger partial charge in [-0.3, -0.25) is 13.9 Å². The van der Waals surface area contributed by atoms with Crippen molar-refractivity contribution in [3.05, 3.63) is 52.0 Å². The molecular weight excluding hydrogens is 553 g/mol. The summed E-state index contributed by atoms with van der Waals surface area (Å²) in [5.41, 5.74) is 1.14. The Morgan fingerprint density at radius 2 is 1.76 bits per heavy atom. The van der Waals surface area contributed by atoms with Gasteiger partial charge in [0.2, 0.25) is 21.8 Å². The summed E-state index contributed by atoms with van der Waals surface area (Å²) in [6.07, 6.45) is 2.15. The fourth-order valence-corrected chi connectivity index (χ4v) is 5.28. The average molecular weight is 587 g/mol. The minimum absolute atomic E-state index is 0.0310. The van der Waals surface area contributed by atoms with Crippen molar-refractivity contribution in [3.8, 4) is 11.5 Å².